The van der Waals surface area contributed by atoms with Crippen LogP contribution >= 0.6 is 35.0 Å². The zero-order chi connectivity index (χ0) is 14.6. The molecule has 0 aliphatic carbocycles. The monoisotopic (exact) mass is 325 g/mol. The number of nitrogens with one attached hydrogen (secondary N) is 1. The highest BCUT2D eigenvalue weighted by Gasteiger charge is 2.20. The van der Waals surface area contributed by atoms with E-state index >= 15 is 0 Å². The van der Waals surface area contributed by atoms with Crippen LogP contribution in [-0.4, -0.2) is 29.3 Å². The number of benzene rings is 1. The molecule has 1 aromatic carbocycles. The van der Waals surface area contributed by atoms with Gasteiger partial charge >= 0.3 is 0 Å². The summed E-state index contributed by atoms with van der Waals surface area (Å²) >= 11 is 13.3. The standard InChI is InChI=1S/C13H18Cl2FNOS/c1-7(17-8(2)13(6-18)19-3)9-4-12(16)11(15)5-10(9)14/h4-5,7-8,13,17-18H,6H2,1-3H3. The second-order valence-corrected chi connectivity index (χ2v) is 6.31. The summed E-state index contributed by atoms with van der Waals surface area (Å²) in [4.78, 5) is 0. The van der Waals surface area contributed by atoms with E-state index in [0.29, 0.717) is 10.6 Å². The molecule has 0 amide bonds. The van der Waals surface area contributed by atoms with E-state index in [9.17, 15) is 9.50 Å². The van der Waals surface area contributed by atoms with Gasteiger partial charge in [0.15, 0.2) is 0 Å². The molecule has 19 heavy (non-hydrogen) atoms. The number of hydrogen-bond donors (Lipinski definition) is 2. The van der Waals surface area contributed by atoms with Crippen LogP contribution in [0.5, 0.6) is 0 Å². The molecule has 6 heteroatoms. The van der Waals surface area contributed by atoms with Gasteiger partial charge in [-0.2, -0.15) is 11.8 Å². The van der Waals surface area contributed by atoms with Gasteiger partial charge in [-0.05, 0) is 37.8 Å². The highest BCUT2D eigenvalue weighted by Crippen LogP contribution is 2.29. The number of aliphatic hydroxyl groups excluding tert-OH is 1. The fraction of sp³-hybridized carbons (Fsp3) is 0.538. The molecule has 0 spiro atoms. The van der Waals surface area contributed by atoms with Crippen LogP contribution < -0.4 is 5.32 Å². The molecule has 2 nitrogen and oxygen atoms in total. The first-order chi connectivity index (χ1) is 8.90. The molecule has 0 aliphatic rings. The van der Waals surface area contributed by atoms with E-state index in [1.54, 1.807) is 11.8 Å². The van der Waals surface area contributed by atoms with Crippen LogP contribution in [0.15, 0.2) is 12.1 Å². The van der Waals surface area contributed by atoms with E-state index in [0.717, 1.165) is 0 Å². The van der Waals surface area contributed by atoms with Crippen molar-refractivity contribution in [1.29, 1.82) is 0 Å². The van der Waals surface area contributed by atoms with Gasteiger partial charge < -0.3 is 10.4 Å². The summed E-state index contributed by atoms with van der Waals surface area (Å²) in [7, 11) is 0. The molecule has 3 atom stereocenters. The first kappa shape index (κ1) is 17.1. The van der Waals surface area contributed by atoms with Gasteiger partial charge in [0.25, 0.3) is 0 Å². The van der Waals surface area contributed by atoms with Crippen LogP contribution in [0.1, 0.15) is 25.5 Å². The molecule has 0 aliphatic heterocycles. The largest absolute Gasteiger partial charge is 0.395 e. The van der Waals surface area contributed by atoms with Crippen LogP contribution in [0.2, 0.25) is 10.0 Å². The highest BCUT2D eigenvalue weighted by atomic mass is 35.5. The average Bonchev–Trinajstić information content (AvgIpc) is 2.35. The summed E-state index contributed by atoms with van der Waals surface area (Å²) in [6.45, 7) is 3.97. The normalized spacial score (nSPS) is 16.2. The Morgan fingerprint density at radius 2 is 1.95 bits per heavy atom. The first-order valence-corrected chi connectivity index (χ1v) is 7.99. The Labute approximate surface area is 127 Å². The van der Waals surface area contributed by atoms with Crippen molar-refractivity contribution in [3.8, 4) is 0 Å². The van der Waals surface area contributed by atoms with Gasteiger partial charge in [0.1, 0.15) is 5.82 Å². The van der Waals surface area contributed by atoms with Crippen LogP contribution in [0.4, 0.5) is 4.39 Å². The molecule has 0 bridgehead atoms. The van der Waals surface area contributed by atoms with Crippen molar-refractivity contribution in [2.24, 2.45) is 0 Å². The summed E-state index contributed by atoms with van der Waals surface area (Å²) < 4.78 is 13.5. The molecular formula is C13H18Cl2FNOS. The first-order valence-electron chi connectivity index (χ1n) is 5.94. The van der Waals surface area contributed by atoms with Crippen molar-refractivity contribution in [3.05, 3.63) is 33.6 Å². The summed E-state index contributed by atoms with van der Waals surface area (Å²) in [5, 5.41) is 13.1. The second-order valence-electron chi connectivity index (χ2n) is 4.42. The van der Waals surface area contributed by atoms with Crippen LogP contribution in [-0.2, 0) is 0 Å². The Kier molecular flexibility index (Phi) is 6.91. The summed E-state index contributed by atoms with van der Waals surface area (Å²) in [6, 6.07) is 2.71. The Morgan fingerprint density at radius 3 is 2.47 bits per heavy atom. The van der Waals surface area contributed by atoms with Crippen molar-refractivity contribution >= 4 is 35.0 Å². The minimum Gasteiger partial charge on any atom is -0.395 e. The van der Waals surface area contributed by atoms with E-state index in [4.69, 9.17) is 23.2 Å². The van der Waals surface area contributed by atoms with E-state index in [1.165, 1.54) is 12.1 Å². The van der Waals surface area contributed by atoms with E-state index in [1.807, 2.05) is 20.1 Å². The lowest BCUT2D eigenvalue weighted by Gasteiger charge is -2.26. The van der Waals surface area contributed by atoms with Gasteiger partial charge in [-0.15, -0.1) is 0 Å². The maximum atomic E-state index is 13.5. The number of thioether (sulfide) groups is 1. The minimum atomic E-state index is -0.481. The predicted molar refractivity (Wildman–Crippen MR) is 81.8 cm³/mol. The predicted octanol–water partition coefficient (Wildman–Crippen LogP) is 3.90. The molecule has 1 rings (SSSR count). The van der Waals surface area contributed by atoms with Crippen LogP contribution in [0, 0.1) is 5.82 Å². The van der Waals surface area contributed by atoms with Gasteiger partial charge in [0.2, 0.25) is 0 Å². The van der Waals surface area contributed by atoms with Crippen LogP contribution in [0.25, 0.3) is 0 Å². The lowest BCUT2D eigenvalue weighted by molar-refractivity contribution is 0.272. The van der Waals surface area contributed by atoms with E-state index in [-0.39, 0.29) is 29.0 Å². The SMILES string of the molecule is CSC(CO)C(C)NC(C)c1cc(F)c(Cl)cc1Cl. The smallest absolute Gasteiger partial charge is 0.142 e. The zero-order valence-corrected chi connectivity index (χ0v) is 13.4. The molecule has 2 N–H and O–H groups in total. The third-order valence-electron chi connectivity index (χ3n) is 3.06. The van der Waals surface area contributed by atoms with Crippen molar-refractivity contribution < 1.29 is 9.50 Å². The topological polar surface area (TPSA) is 32.3 Å². The van der Waals surface area contributed by atoms with E-state index in [2.05, 4.69) is 5.32 Å². The summed E-state index contributed by atoms with van der Waals surface area (Å²) in [5.41, 5.74) is 0.660. The maximum Gasteiger partial charge on any atom is 0.142 e. The molecule has 0 radical (unpaired) electrons. The van der Waals surface area contributed by atoms with Gasteiger partial charge in [-0.25, -0.2) is 4.39 Å². The second kappa shape index (κ2) is 7.70. The highest BCUT2D eigenvalue weighted by molar-refractivity contribution is 7.99. The Bertz CT molecular complexity index is 429. The average molecular weight is 326 g/mol. The maximum absolute atomic E-state index is 13.5. The van der Waals surface area contributed by atoms with Gasteiger partial charge in [-0.3, -0.25) is 0 Å². The van der Waals surface area contributed by atoms with Gasteiger partial charge in [-0.1, -0.05) is 23.2 Å². The third-order valence-corrected chi connectivity index (χ3v) is 4.84. The van der Waals surface area contributed by atoms with Crippen molar-refractivity contribution in [3.63, 3.8) is 0 Å². The number of aliphatic hydroxyl groups is 1. The molecular weight excluding hydrogens is 308 g/mol. The third kappa shape index (κ3) is 4.50. The Morgan fingerprint density at radius 1 is 1.32 bits per heavy atom. The number of halogens is 3. The minimum absolute atomic E-state index is 0.0198. The van der Waals surface area contributed by atoms with Crippen molar-refractivity contribution in [1.82, 2.24) is 5.32 Å². The molecule has 0 heterocycles. The zero-order valence-electron chi connectivity index (χ0n) is 11.1. The van der Waals surface area contributed by atoms with Gasteiger partial charge in [0.05, 0.1) is 11.6 Å². The molecule has 108 valence electrons. The summed E-state index contributed by atoms with van der Waals surface area (Å²) in [5.74, 6) is -0.481. The Balaban J connectivity index is 2.83. The lowest BCUT2D eigenvalue weighted by Crippen LogP contribution is -2.39. The van der Waals surface area contributed by atoms with Gasteiger partial charge in [0, 0.05) is 22.4 Å². The number of rotatable bonds is 6. The van der Waals surface area contributed by atoms with Crippen LogP contribution in [0.3, 0.4) is 0 Å². The van der Waals surface area contributed by atoms with E-state index < -0.39 is 5.82 Å². The fourth-order valence-corrected chi connectivity index (χ4v) is 3.08. The van der Waals surface area contributed by atoms with Crippen molar-refractivity contribution in [2.45, 2.75) is 31.2 Å². The molecule has 1 aromatic rings. The quantitative estimate of drug-likeness (QED) is 0.778. The molecule has 0 aromatic heterocycles. The Hall–Kier alpha value is -0.0000000000000000555. The summed E-state index contributed by atoms with van der Waals surface area (Å²) in [6.07, 6.45) is 1.94. The molecule has 0 saturated carbocycles. The molecule has 0 saturated heterocycles. The fourth-order valence-electron chi connectivity index (χ4n) is 1.90. The molecule has 3 unspecified atom stereocenters. The lowest BCUT2D eigenvalue weighted by atomic mass is 10.1. The molecule has 0 fully saturated rings. The van der Waals surface area contributed by atoms with Crippen molar-refractivity contribution in [2.75, 3.05) is 12.9 Å². The number of hydrogen-bond acceptors (Lipinski definition) is 3.